The Morgan fingerprint density at radius 2 is 2.09 bits per heavy atom. The minimum atomic E-state index is -0.834. The number of alkyl halides is 1. The number of hydrogen-bond acceptors (Lipinski definition) is 1. The number of halogens is 1. The molecule has 0 radical (unpaired) electrons. The topological polar surface area (TPSA) is 40.5 Å². The summed E-state index contributed by atoms with van der Waals surface area (Å²) in [6, 6.07) is 0. The first-order valence-corrected chi connectivity index (χ1v) is 5.21. The van der Waals surface area contributed by atoms with Crippen molar-refractivity contribution in [1.29, 1.82) is 0 Å². The lowest BCUT2D eigenvalue weighted by Gasteiger charge is -2.11. The van der Waals surface area contributed by atoms with Gasteiger partial charge in [0.15, 0.2) is 0 Å². The maximum absolute atomic E-state index is 10.3. The average Bonchev–Trinajstić information content (AvgIpc) is 1.97. The van der Waals surface area contributed by atoms with Crippen LogP contribution in [0.1, 0.15) is 19.3 Å². The molecule has 0 bridgehead atoms. The number of carboxylic acid groups (broad SMARTS) is 1. The normalized spacial score (nSPS) is 9.64. The van der Waals surface area contributed by atoms with Crippen molar-refractivity contribution in [3.63, 3.8) is 0 Å². The first-order chi connectivity index (χ1) is 5.18. The SMILES string of the molecule is CN(CCCCCI)C(=O)O. The Balaban J connectivity index is 3.17. The minimum Gasteiger partial charge on any atom is -0.465 e. The molecule has 11 heavy (non-hydrogen) atoms. The maximum Gasteiger partial charge on any atom is 0.407 e. The molecule has 3 nitrogen and oxygen atoms in total. The van der Waals surface area contributed by atoms with Crippen molar-refractivity contribution >= 4 is 28.7 Å². The van der Waals surface area contributed by atoms with Crippen molar-refractivity contribution in [2.24, 2.45) is 0 Å². The van der Waals surface area contributed by atoms with E-state index in [1.54, 1.807) is 7.05 Å². The van der Waals surface area contributed by atoms with E-state index in [1.807, 2.05) is 0 Å². The zero-order chi connectivity index (χ0) is 8.69. The van der Waals surface area contributed by atoms with E-state index in [9.17, 15) is 4.79 Å². The molecule has 0 aromatic carbocycles. The summed E-state index contributed by atoms with van der Waals surface area (Å²) in [5, 5.41) is 8.46. The van der Waals surface area contributed by atoms with E-state index in [2.05, 4.69) is 22.6 Å². The van der Waals surface area contributed by atoms with Gasteiger partial charge in [-0.05, 0) is 17.3 Å². The largest absolute Gasteiger partial charge is 0.465 e. The summed E-state index contributed by atoms with van der Waals surface area (Å²) in [7, 11) is 1.60. The number of unbranched alkanes of at least 4 members (excludes halogenated alkanes) is 2. The predicted octanol–water partition coefficient (Wildman–Crippen LogP) is 2.20. The fourth-order valence-electron chi connectivity index (χ4n) is 0.716. The number of rotatable bonds is 5. The molecule has 0 aliphatic rings. The Bertz CT molecular complexity index is 119. The van der Waals surface area contributed by atoms with E-state index in [0.29, 0.717) is 6.54 Å². The van der Waals surface area contributed by atoms with Crippen LogP contribution in [0.3, 0.4) is 0 Å². The van der Waals surface area contributed by atoms with E-state index in [1.165, 1.54) is 11.3 Å². The highest BCUT2D eigenvalue weighted by molar-refractivity contribution is 14.1. The number of nitrogens with zero attached hydrogens (tertiary/aromatic N) is 1. The molecule has 0 aliphatic heterocycles. The van der Waals surface area contributed by atoms with E-state index < -0.39 is 6.09 Å². The number of carbonyl (C=O) groups is 1. The van der Waals surface area contributed by atoms with Crippen molar-refractivity contribution in [1.82, 2.24) is 4.90 Å². The van der Waals surface area contributed by atoms with Gasteiger partial charge in [-0.2, -0.15) is 0 Å². The Hall–Kier alpha value is 0. The van der Waals surface area contributed by atoms with Crippen LogP contribution in [0.25, 0.3) is 0 Å². The van der Waals surface area contributed by atoms with E-state index in [4.69, 9.17) is 5.11 Å². The Labute approximate surface area is 80.9 Å². The van der Waals surface area contributed by atoms with Gasteiger partial charge in [0.05, 0.1) is 0 Å². The molecule has 0 aromatic heterocycles. The third-order valence-electron chi connectivity index (χ3n) is 1.45. The highest BCUT2D eigenvalue weighted by Gasteiger charge is 2.02. The summed E-state index contributed by atoms with van der Waals surface area (Å²) in [6.07, 6.45) is 2.46. The van der Waals surface area contributed by atoms with Crippen LogP contribution < -0.4 is 0 Å². The molecule has 0 aromatic rings. The standard InChI is InChI=1S/C7H14INO2/c1-9(7(10)11)6-4-2-3-5-8/h2-6H2,1H3,(H,10,11). The molecule has 0 saturated carbocycles. The van der Waals surface area contributed by atoms with Gasteiger partial charge in [-0.1, -0.05) is 29.0 Å². The third-order valence-corrected chi connectivity index (χ3v) is 2.22. The summed E-state index contributed by atoms with van der Waals surface area (Å²) >= 11 is 2.33. The van der Waals surface area contributed by atoms with Crippen molar-refractivity contribution in [2.45, 2.75) is 19.3 Å². The molecule has 0 atom stereocenters. The molecular weight excluding hydrogens is 257 g/mol. The molecular formula is C7H14INO2. The van der Waals surface area contributed by atoms with Gasteiger partial charge >= 0.3 is 6.09 Å². The van der Waals surface area contributed by atoms with Crippen LogP contribution in [-0.4, -0.2) is 34.1 Å². The second-order valence-electron chi connectivity index (χ2n) is 2.45. The quantitative estimate of drug-likeness (QED) is 0.473. The fourth-order valence-corrected chi connectivity index (χ4v) is 1.26. The van der Waals surface area contributed by atoms with E-state index >= 15 is 0 Å². The first-order valence-electron chi connectivity index (χ1n) is 3.68. The van der Waals surface area contributed by atoms with Crippen LogP contribution in [0.4, 0.5) is 4.79 Å². The first kappa shape index (κ1) is 11.0. The zero-order valence-corrected chi connectivity index (χ0v) is 8.87. The average molecular weight is 271 g/mol. The van der Waals surface area contributed by atoms with Gasteiger partial charge in [-0.3, -0.25) is 0 Å². The molecule has 0 heterocycles. The maximum atomic E-state index is 10.3. The molecule has 1 amide bonds. The smallest absolute Gasteiger partial charge is 0.407 e. The molecule has 1 N–H and O–H groups in total. The van der Waals surface area contributed by atoms with Crippen LogP contribution in [0.2, 0.25) is 0 Å². The van der Waals surface area contributed by atoms with Crippen LogP contribution in [0, 0.1) is 0 Å². The van der Waals surface area contributed by atoms with Crippen molar-refractivity contribution in [2.75, 3.05) is 18.0 Å². The molecule has 66 valence electrons. The van der Waals surface area contributed by atoms with Crippen molar-refractivity contribution < 1.29 is 9.90 Å². The predicted molar refractivity (Wildman–Crippen MR) is 53.4 cm³/mol. The monoisotopic (exact) mass is 271 g/mol. The zero-order valence-electron chi connectivity index (χ0n) is 6.72. The molecule has 0 saturated heterocycles. The second-order valence-corrected chi connectivity index (χ2v) is 3.53. The van der Waals surface area contributed by atoms with Gasteiger partial charge in [-0.25, -0.2) is 4.79 Å². The molecule has 0 spiro atoms. The van der Waals surface area contributed by atoms with Gasteiger partial charge in [0.25, 0.3) is 0 Å². The molecule has 4 heteroatoms. The lowest BCUT2D eigenvalue weighted by atomic mass is 10.2. The fraction of sp³-hybridized carbons (Fsp3) is 0.857. The Morgan fingerprint density at radius 1 is 1.45 bits per heavy atom. The number of hydrogen-bond donors (Lipinski definition) is 1. The lowest BCUT2D eigenvalue weighted by Crippen LogP contribution is -2.25. The minimum absolute atomic E-state index is 0.659. The summed E-state index contributed by atoms with van der Waals surface area (Å²) in [5.74, 6) is 0. The highest BCUT2D eigenvalue weighted by atomic mass is 127. The van der Waals surface area contributed by atoms with Gasteiger partial charge in [0.1, 0.15) is 0 Å². The highest BCUT2D eigenvalue weighted by Crippen LogP contribution is 1.99. The van der Waals surface area contributed by atoms with Crippen LogP contribution >= 0.6 is 22.6 Å². The Morgan fingerprint density at radius 3 is 2.55 bits per heavy atom. The van der Waals surface area contributed by atoms with Gasteiger partial charge in [-0.15, -0.1) is 0 Å². The molecule has 0 unspecified atom stereocenters. The van der Waals surface area contributed by atoms with Crippen LogP contribution in [0.5, 0.6) is 0 Å². The van der Waals surface area contributed by atoms with Crippen molar-refractivity contribution in [3.8, 4) is 0 Å². The lowest BCUT2D eigenvalue weighted by molar-refractivity contribution is 0.155. The summed E-state index contributed by atoms with van der Waals surface area (Å²) in [6.45, 7) is 0.659. The van der Waals surface area contributed by atoms with Crippen LogP contribution in [0.15, 0.2) is 0 Å². The molecule has 0 fully saturated rings. The summed E-state index contributed by atoms with van der Waals surface area (Å²) in [5.41, 5.74) is 0. The van der Waals surface area contributed by atoms with E-state index in [-0.39, 0.29) is 0 Å². The molecule has 0 rings (SSSR count). The van der Waals surface area contributed by atoms with Gasteiger partial charge in [0, 0.05) is 13.6 Å². The van der Waals surface area contributed by atoms with Gasteiger partial charge < -0.3 is 10.0 Å². The second kappa shape index (κ2) is 6.69. The summed E-state index contributed by atoms with van der Waals surface area (Å²) in [4.78, 5) is 11.6. The van der Waals surface area contributed by atoms with Crippen molar-refractivity contribution in [3.05, 3.63) is 0 Å². The Kier molecular flexibility index (Phi) is 6.69. The summed E-state index contributed by atoms with van der Waals surface area (Å²) < 4.78 is 1.16. The molecule has 0 aliphatic carbocycles. The number of amides is 1. The van der Waals surface area contributed by atoms with Gasteiger partial charge in [0.2, 0.25) is 0 Å². The van der Waals surface area contributed by atoms with Crippen LogP contribution in [-0.2, 0) is 0 Å². The third kappa shape index (κ3) is 6.40. The van der Waals surface area contributed by atoms with E-state index in [0.717, 1.165) is 17.3 Å².